The monoisotopic (exact) mass is 263 g/mol. The maximum atomic E-state index is 5.93. The molecular formula is C13H14ClN3O. The first kappa shape index (κ1) is 12.8. The summed E-state index contributed by atoms with van der Waals surface area (Å²) in [6.45, 7) is 5.81. The molecule has 0 radical (unpaired) electrons. The lowest BCUT2D eigenvalue weighted by Gasteiger charge is -2.11. The van der Waals surface area contributed by atoms with Crippen molar-refractivity contribution in [1.29, 1.82) is 0 Å². The Labute approximate surface area is 111 Å². The fourth-order valence-corrected chi connectivity index (χ4v) is 1.69. The Morgan fingerprint density at radius 3 is 2.72 bits per heavy atom. The van der Waals surface area contributed by atoms with E-state index in [2.05, 4.69) is 15.0 Å². The molecule has 0 saturated carbocycles. The van der Waals surface area contributed by atoms with Crippen molar-refractivity contribution < 1.29 is 4.74 Å². The van der Waals surface area contributed by atoms with Gasteiger partial charge in [-0.05, 0) is 32.4 Å². The summed E-state index contributed by atoms with van der Waals surface area (Å²) in [5, 5.41) is 0.401. The van der Waals surface area contributed by atoms with Crippen LogP contribution in [0.25, 0.3) is 0 Å². The first-order valence-electron chi connectivity index (χ1n) is 5.73. The Morgan fingerprint density at radius 2 is 2.00 bits per heavy atom. The Bertz CT molecular complexity index is 572. The van der Waals surface area contributed by atoms with Gasteiger partial charge in [-0.2, -0.15) is 0 Å². The second kappa shape index (κ2) is 5.31. The van der Waals surface area contributed by atoms with Crippen molar-refractivity contribution in [3.05, 3.63) is 40.6 Å². The minimum absolute atomic E-state index is 0.401. The van der Waals surface area contributed by atoms with Gasteiger partial charge in [0.15, 0.2) is 5.75 Å². The lowest BCUT2D eigenvalue weighted by molar-refractivity contribution is 0.448. The number of hydrogen-bond acceptors (Lipinski definition) is 4. The molecule has 0 unspecified atom stereocenters. The average Bonchev–Trinajstić information content (AvgIpc) is 2.37. The molecule has 94 valence electrons. The van der Waals surface area contributed by atoms with Gasteiger partial charge in [0.25, 0.3) is 0 Å². The van der Waals surface area contributed by atoms with Crippen molar-refractivity contribution >= 4 is 11.6 Å². The molecule has 0 spiro atoms. The Morgan fingerprint density at radius 1 is 1.22 bits per heavy atom. The van der Waals surface area contributed by atoms with E-state index < -0.39 is 0 Å². The van der Waals surface area contributed by atoms with Crippen LogP contribution in [0.2, 0.25) is 5.15 Å². The average molecular weight is 264 g/mol. The fraction of sp³-hybridized carbons (Fsp3) is 0.308. The van der Waals surface area contributed by atoms with Crippen molar-refractivity contribution in [3.63, 3.8) is 0 Å². The van der Waals surface area contributed by atoms with Gasteiger partial charge in [0, 0.05) is 11.3 Å². The molecule has 0 aliphatic rings. The van der Waals surface area contributed by atoms with Gasteiger partial charge in [-0.1, -0.05) is 18.5 Å². The van der Waals surface area contributed by atoms with Gasteiger partial charge >= 0.3 is 0 Å². The number of hydrogen-bond donors (Lipinski definition) is 0. The fourth-order valence-electron chi connectivity index (χ4n) is 1.56. The van der Waals surface area contributed by atoms with Crippen molar-refractivity contribution in [2.24, 2.45) is 0 Å². The van der Waals surface area contributed by atoms with Crippen LogP contribution in [0.4, 0.5) is 0 Å². The predicted molar refractivity (Wildman–Crippen MR) is 70.2 cm³/mol. The molecule has 0 fully saturated rings. The van der Waals surface area contributed by atoms with Gasteiger partial charge in [-0.15, -0.1) is 0 Å². The van der Waals surface area contributed by atoms with Crippen LogP contribution >= 0.6 is 11.6 Å². The van der Waals surface area contributed by atoms with Crippen LogP contribution in [0.5, 0.6) is 11.6 Å². The molecular weight excluding hydrogens is 250 g/mol. The van der Waals surface area contributed by atoms with Crippen molar-refractivity contribution in [2.45, 2.75) is 27.2 Å². The topological polar surface area (TPSA) is 47.9 Å². The maximum Gasteiger partial charge on any atom is 0.226 e. The van der Waals surface area contributed by atoms with Gasteiger partial charge in [0.1, 0.15) is 11.5 Å². The SMILES string of the molecule is CCc1nc(C)ccc1Oc1ncnc(Cl)c1C. The highest BCUT2D eigenvalue weighted by Gasteiger charge is 2.10. The molecule has 0 aromatic carbocycles. The van der Waals surface area contributed by atoms with E-state index in [1.165, 1.54) is 6.33 Å². The zero-order valence-electron chi connectivity index (χ0n) is 10.6. The van der Waals surface area contributed by atoms with Gasteiger partial charge in [-0.3, -0.25) is 4.98 Å². The number of pyridine rings is 1. The molecule has 0 N–H and O–H groups in total. The van der Waals surface area contributed by atoms with Crippen LogP contribution in [-0.4, -0.2) is 15.0 Å². The van der Waals surface area contributed by atoms with E-state index in [0.717, 1.165) is 23.4 Å². The number of ether oxygens (including phenoxy) is 1. The molecule has 2 rings (SSSR count). The van der Waals surface area contributed by atoms with Crippen molar-refractivity contribution in [2.75, 3.05) is 0 Å². The molecule has 4 nitrogen and oxygen atoms in total. The van der Waals surface area contributed by atoms with Crippen LogP contribution in [0.15, 0.2) is 18.5 Å². The van der Waals surface area contributed by atoms with E-state index in [0.29, 0.717) is 16.8 Å². The molecule has 0 atom stereocenters. The quantitative estimate of drug-likeness (QED) is 0.796. The van der Waals surface area contributed by atoms with E-state index >= 15 is 0 Å². The molecule has 0 aliphatic heterocycles. The van der Waals surface area contributed by atoms with Gasteiger partial charge in [0.05, 0.1) is 5.69 Å². The Balaban J connectivity index is 2.37. The molecule has 18 heavy (non-hydrogen) atoms. The molecule has 0 saturated heterocycles. The lowest BCUT2D eigenvalue weighted by atomic mass is 10.2. The predicted octanol–water partition coefficient (Wildman–Crippen LogP) is 3.50. The summed E-state index contributed by atoms with van der Waals surface area (Å²) in [5.74, 6) is 1.18. The van der Waals surface area contributed by atoms with E-state index in [9.17, 15) is 0 Å². The van der Waals surface area contributed by atoms with Gasteiger partial charge in [0.2, 0.25) is 5.88 Å². The smallest absolute Gasteiger partial charge is 0.226 e. The van der Waals surface area contributed by atoms with E-state index in [-0.39, 0.29) is 0 Å². The Kier molecular flexibility index (Phi) is 3.77. The summed E-state index contributed by atoms with van der Waals surface area (Å²) in [7, 11) is 0. The Hall–Kier alpha value is -1.68. The molecule has 0 aliphatic carbocycles. The molecule has 2 heterocycles. The zero-order valence-corrected chi connectivity index (χ0v) is 11.3. The van der Waals surface area contributed by atoms with Crippen LogP contribution in [-0.2, 0) is 6.42 Å². The zero-order chi connectivity index (χ0) is 13.1. The highest BCUT2D eigenvalue weighted by molar-refractivity contribution is 6.30. The van der Waals surface area contributed by atoms with Crippen LogP contribution < -0.4 is 4.74 Å². The molecule has 2 aromatic heterocycles. The van der Waals surface area contributed by atoms with E-state index in [1.807, 2.05) is 32.9 Å². The highest BCUT2D eigenvalue weighted by Crippen LogP contribution is 2.27. The normalized spacial score (nSPS) is 10.4. The van der Waals surface area contributed by atoms with Crippen molar-refractivity contribution in [1.82, 2.24) is 15.0 Å². The summed E-state index contributed by atoms with van der Waals surface area (Å²) in [6, 6.07) is 3.81. The summed E-state index contributed by atoms with van der Waals surface area (Å²) in [6.07, 6.45) is 2.19. The van der Waals surface area contributed by atoms with Crippen LogP contribution in [0.3, 0.4) is 0 Å². The largest absolute Gasteiger partial charge is 0.437 e. The first-order chi connectivity index (χ1) is 8.61. The summed E-state index contributed by atoms with van der Waals surface area (Å²) >= 11 is 5.93. The second-order valence-electron chi connectivity index (χ2n) is 3.95. The molecule has 5 heteroatoms. The van der Waals surface area contributed by atoms with Crippen LogP contribution in [0.1, 0.15) is 23.9 Å². The minimum atomic E-state index is 0.401. The number of aromatic nitrogens is 3. The standard InChI is InChI=1S/C13H14ClN3O/c1-4-10-11(6-5-8(2)17-10)18-13-9(3)12(14)15-7-16-13/h5-7H,4H2,1-3H3. The third-order valence-corrected chi connectivity index (χ3v) is 2.97. The second-order valence-corrected chi connectivity index (χ2v) is 4.31. The van der Waals surface area contributed by atoms with Gasteiger partial charge < -0.3 is 4.74 Å². The summed E-state index contributed by atoms with van der Waals surface area (Å²) < 4.78 is 5.77. The van der Waals surface area contributed by atoms with E-state index in [1.54, 1.807) is 0 Å². The number of halogens is 1. The number of nitrogens with zero attached hydrogens (tertiary/aromatic N) is 3. The van der Waals surface area contributed by atoms with Crippen molar-refractivity contribution in [3.8, 4) is 11.6 Å². The minimum Gasteiger partial charge on any atom is -0.437 e. The number of rotatable bonds is 3. The molecule has 2 aromatic rings. The molecule has 0 bridgehead atoms. The third-order valence-electron chi connectivity index (χ3n) is 2.59. The van der Waals surface area contributed by atoms with Gasteiger partial charge in [-0.25, -0.2) is 9.97 Å². The first-order valence-corrected chi connectivity index (χ1v) is 6.11. The van der Waals surface area contributed by atoms with Crippen LogP contribution in [0, 0.1) is 13.8 Å². The maximum absolute atomic E-state index is 5.93. The third kappa shape index (κ3) is 2.59. The number of aryl methyl sites for hydroxylation is 2. The molecule has 0 amide bonds. The van der Waals surface area contributed by atoms with E-state index in [4.69, 9.17) is 16.3 Å². The summed E-state index contributed by atoms with van der Waals surface area (Å²) in [4.78, 5) is 12.4. The highest BCUT2D eigenvalue weighted by atomic mass is 35.5. The lowest BCUT2D eigenvalue weighted by Crippen LogP contribution is -1.99. The summed E-state index contributed by atoms with van der Waals surface area (Å²) in [5.41, 5.74) is 2.60.